The summed E-state index contributed by atoms with van der Waals surface area (Å²) in [7, 11) is 2.11. The highest BCUT2D eigenvalue weighted by atomic mass is 16.2. The van der Waals surface area contributed by atoms with Gasteiger partial charge < -0.3 is 9.80 Å². The van der Waals surface area contributed by atoms with Gasteiger partial charge in [0.05, 0.1) is 6.04 Å². The van der Waals surface area contributed by atoms with Gasteiger partial charge in [-0.05, 0) is 43.4 Å². The number of hydrogen-bond acceptors (Lipinski definition) is 3. The summed E-state index contributed by atoms with van der Waals surface area (Å²) < 4.78 is 0. The van der Waals surface area contributed by atoms with Crippen molar-refractivity contribution in [1.29, 1.82) is 0 Å². The van der Waals surface area contributed by atoms with Crippen LogP contribution in [0.1, 0.15) is 49.8 Å². The standard InChI is InChI=1S/C23H28N2O2/c1-4-25(5-2)23(27)22(26)16-18-15-21(17-11-7-6-8-12-17)24(3)20-14-10-9-13-19(18)20/h6-14,18,21H,4-5,15-16H2,1-3H3/t18-,21+/m0/s1. The fourth-order valence-corrected chi connectivity index (χ4v) is 4.10. The van der Waals surface area contributed by atoms with Gasteiger partial charge in [0.1, 0.15) is 0 Å². The van der Waals surface area contributed by atoms with Crippen LogP contribution in [-0.2, 0) is 9.59 Å². The fourth-order valence-electron chi connectivity index (χ4n) is 4.10. The van der Waals surface area contributed by atoms with Gasteiger partial charge in [0.15, 0.2) is 0 Å². The molecule has 2 aromatic rings. The number of nitrogens with zero attached hydrogens (tertiary/aromatic N) is 2. The molecule has 3 rings (SSSR count). The summed E-state index contributed by atoms with van der Waals surface area (Å²) in [4.78, 5) is 29.1. The average Bonchev–Trinajstić information content (AvgIpc) is 2.71. The van der Waals surface area contributed by atoms with E-state index in [4.69, 9.17) is 0 Å². The summed E-state index contributed by atoms with van der Waals surface area (Å²) in [6.07, 6.45) is 1.10. The third-order valence-electron chi connectivity index (χ3n) is 5.64. The molecule has 0 aliphatic carbocycles. The Hall–Kier alpha value is -2.62. The zero-order chi connectivity index (χ0) is 19.4. The Kier molecular flexibility index (Phi) is 5.94. The Balaban J connectivity index is 1.89. The van der Waals surface area contributed by atoms with Crippen molar-refractivity contribution >= 4 is 17.4 Å². The monoisotopic (exact) mass is 364 g/mol. The molecule has 0 unspecified atom stereocenters. The Bertz CT molecular complexity index is 799. The topological polar surface area (TPSA) is 40.6 Å². The SMILES string of the molecule is CCN(CC)C(=O)C(=O)C[C@@H]1C[C@H](c2ccccc2)N(C)c2ccccc21. The van der Waals surface area contributed by atoms with E-state index in [0.29, 0.717) is 13.1 Å². The third-order valence-corrected chi connectivity index (χ3v) is 5.64. The van der Waals surface area contributed by atoms with Crippen molar-refractivity contribution in [2.24, 2.45) is 0 Å². The normalized spacial score (nSPS) is 18.7. The first-order chi connectivity index (χ1) is 13.1. The van der Waals surface area contributed by atoms with Crippen LogP contribution in [0, 0.1) is 0 Å². The van der Waals surface area contributed by atoms with Gasteiger partial charge in [0.2, 0.25) is 5.78 Å². The van der Waals surface area contributed by atoms with Gasteiger partial charge in [0, 0.05) is 32.2 Å². The van der Waals surface area contributed by atoms with Gasteiger partial charge >= 0.3 is 0 Å². The molecule has 0 N–H and O–H groups in total. The summed E-state index contributed by atoms with van der Waals surface area (Å²) in [6, 6.07) is 18.8. The number of Topliss-reactive ketones (excluding diaryl/α,β-unsaturated/α-hetero) is 1. The summed E-state index contributed by atoms with van der Waals surface area (Å²) in [5.74, 6) is -0.586. The number of benzene rings is 2. The highest BCUT2D eigenvalue weighted by Crippen LogP contribution is 2.45. The van der Waals surface area contributed by atoms with E-state index in [1.165, 1.54) is 5.56 Å². The zero-order valence-electron chi connectivity index (χ0n) is 16.4. The first-order valence-electron chi connectivity index (χ1n) is 9.75. The predicted molar refractivity (Wildman–Crippen MR) is 109 cm³/mol. The van der Waals surface area contributed by atoms with Crippen molar-refractivity contribution in [3.05, 3.63) is 65.7 Å². The van der Waals surface area contributed by atoms with Crippen LogP contribution < -0.4 is 4.90 Å². The quantitative estimate of drug-likeness (QED) is 0.722. The molecule has 0 radical (unpaired) electrons. The lowest BCUT2D eigenvalue weighted by Gasteiger charge is -2.40. The van der Waals surface area contributed by atoms with Gasteiger partial charge in [-0.3, -0.25) is 9.59 Å². The molecule has 27 heavy (non-hydrogen) atoms. The molecular weight excluding hydrogens is 336 g/mol. The van der Waals surface area contributed by atoms with Crippen molar-refractivity contribution in [2.45, 2.75) is 38.6 Å². The van der Waals surface area contributed by atoms with Crippen LogP contribution in [-0.4, -0.2) is 36.7 Å². The maximum absolute atomic E-state index is 12.7. The Morgan fingerprint density at radius 3 is 2.30 bits per heavy atom. The van der Waals surface area contributed by atoms with Gasteiger partial charge in [-0.2, -0.15) is 0 Å². The molecule has 0 aromatic heterocycles. The second-order valence-electron chi connectivity index (χ2n) is 7.13. The van der Waals surface area contributed by atoms with E-state index in [1.807, 2.05) is 44.2 Å². The molecule has 1 amide bonds. The number of amides is 1. The van der Waals surface area contributed by atoms with Gasteiger partial charge in [-0.1, -0.05) is 48.5 Å². The minimum Gasteiger partial charge on any atom is -0.367 e. The molecule has 0 fully saturated rings. The van der Waals surface area contributed by atoms with Crippen molar-refractivity contribution in [1.82, 2.24) is 4.90 Å². The van der Waals surface area contributed by atoms with Crippen LogP contribution in [0.4, 0.5) is 5.69 Å². The van der Waals surface area contributed by atoms with Crippen LogP contribution in [0.15, 0.2) is 54.6 Å². The minimum absolute atomic E-state index is 0.0506. The number of hydrogen-bond donors (Lipinski definition) is 0. The maximum atomic E-state index is 12.7. The number of ketones is 1. The van der Waals surface area contributed by atoms with E-state index in [9.17, 15) is 9.59 Å². The number of carbonyl (C=O) groups excluding carboxylic acids is 2. The van der Waals surface area contributed by atoms with E-state index in [-0.39, 0.29) is 30.1 Å². The van der Waals surface area contributed by atoms with Gasteiger partial charge in [-0.15, -0.1) is 0 Å². The number of anilines is 1. The lowest BCUT2D eigenvalue weighted by Crippen LogP contribution is -2.38. The van der Waals surface area contributed by atoms with Crippen LogP contribution in [0.3, 0.4) is 0 Å². The average molecular weight is 364 g/mol. The fraction of sp³-hybridized carbons (Fsp3) is 0.391. The van der Waals surface area contributed by atoms with E-state index in [0.717, 1.165) is 17.7 Å². The molecule has 0 saturated heterocycles. The van der Waals surface area contributed by atoms with E-state index in [1.54, 1.807) is 4.90 Å². The molecule has 2 atom stereocenters. The van der Waals surface area contributed by atoms with E-state index in [2.05, 4.69) is 36.2 Å². The molecule has 0 spiro atoms. The number of likely N-dealkylation sites (N-methyl/N-ethyl adjacent to an activating group) is 1. The molecule has 0 saturated carbocycles. The lowest BCUT2D eigenvalue weighted by molar-refractivity contribution is -0.144. The second kappa shape index (κ2) is 8.38. The highest BCUT2D eigenvalue weighted by molar-refractivity contribution is 6.36. The first-order valence-corrected chi connectivity index (χ1v) is 9.75. The molecule has 0 bridgehead atoms. The number of rotatable bonds is 6. The number of fused-ring (bicyclic) bond motifs is 1. The molecule has 4 heteroatoms. The van der Waals surface area contributed by atoms with Crippen LogP contribution >= 0.6 is 0 Å². The molecule has 2 aromatic carbocycles. The molecule has 142 valence electrons. The molecule has 1 aliphatic rings. The second-order valence-corrected chi connectivity index (χ2v) is 7.13. The lowest BCUT2D eigenvalue weighted by atomic mass is 9.80. The number of para-hydroxylation sites is 1. The predicted octanol–water partition coefficient (Wildman–Crippen LogP) is 4.18. The van der Waals surface area contributed by atoms with E-state index >= 15 is 0 Å². The zero-order valence-corrected chi connectivity index (χ0v) is 16.4. The molecule has 4 nitrogen and oxygen atoms in total. The Morgan fingerprint density at radius 1 is 1.00 bits per heavy atom. The minimum atomic E-state index is -0.354. The largest absolute Gasteiger partial charge is 0.367 e. The summed E-state index contributed by atoms with van der Waals surface area (Å²) in [5, 5.41) is 0. The smallest absolute Gasteiger partial charge is 0.289 e. The Morgan fingerprint density at radius 2 is 1.63 bits per heavy atom. The molecule has 1 heterocycles. The summed E-state index contributed by atoms with van der Waals surface area (Å²) >= 11 is 0. The van der Waals surface area contributed by atoms with Gasteiger partial charge in [-0.25, -0.2) is 0 Å². The van der Waals surface area contributed by atoms with Crippen molar-refractivity contribution in [3.8, 4) is 0 Å². The van der Waals surface area contributed by atoms with Crippen molar-refractivity contribution in [2.75, 3.05) is 25.0 Å². The van der Waals surface area contributed by atoms with E-state index < -0.39 is 0 Å². The van der Waals surface area contributed by atoms with Crippen molar-refractivity contribution < 1.29 is 9.59 Å². The molecular formula is C23H28N2O2. The summed E-state index contributed by atoms with van der Waals surface area (Å²) in [6.45, 7) is 4.95. The summed E-state index contributed by atoms with van der Waals surface area (Å²) in [5.41, 5.74) is 3.54. The first kappa shape index (κ1) is 19.2. The highest BCUT2D eigenvalue weighted by Gasteiger charge is 2.34. The number of carbonyl (C=O) groups is 2. The third kappa shape index (κ3) is 3.90. The van der Waals surface area contributed by atoms with Crippen LogP contribution in [0.2, 0.25) is 0 Å². The maximum Gasteiger partial charge on any atom is 0.289 e. The van der Waals surface area contributed by atoms with Crippen LogP contribution in [0.5, 0.6) is 0 Å². The van der Waals surface area contributed by atoms with Gasteiger partial charge in [0.25, 0.3) is 5.91 Å². The Labute approximate surface area is 161 Å². The van der Waals surface area contributed by atoms with Crippen molar-refractivity contribution in [3.63, 3.8) is 0 Å². The molecule has 1 aliphatic heterocycles. The van der Waals surface area contributed by atoms with Crippen LogP contribution in [0.25, 0.3) is 0 Å².